The summed E-state index contributed by atoms with van der Waals surface area (Å²) in [5, 5.41) is 0.788. The number of hydrogen-bond donors (Lipinski definition) is 0. The van der Waals surface area contributed by atoms with Crippen molar-refractivity contribution in [2.24, 2.45) is 0 Å². The van der Waals surface area contributed by atoms with Crippen LogP contribution < -0.4 is 0 Å². The van der Waals surface area contributed by atoms with E-state index in [1.807, 2.05) is 11.8 Å². The summed E-state index contributed by atoms with van der Waals surface area (Å²) >= 11 is 2.03. The lowest BCUT2D eigenvalue weighted by atomic mass is 10.3. The van der Waals surface area contributed by atoms with Crippen LogP contribution in [0.4, 0.5) is 0 Å². The summed E-state index contributed by atoms with van der Waals surface area (Å²) in [5.41, 5.74) is 0. The first-order valence-corrected chi connectivity index (χ1v) is 7.01. The van der Waals surface area contributed by atoms with E-state index in [4.69, 9.17) is 0 Å². The molecule has 13 heavy (non-hydrogen) atoms. The zero-order chi connectivity index (χ0) is 9.26. The first-order chi connectivity index (χ1) is 6.31. The van der Waals surface area contributed by atoms with Gasteiger partial charge in [-0.1, -0.05) is 24.9 Å². The molecule has 70 valence electrons. The first-order valence-electron chi connectivity index (χ1n) is 4.57. The zero-order valence-electron chi connectivity index (χ0n) is 7.82. The second kappa shape index (κ2) is 3.89. The van der Waals surface area contributed by atoms with Gasteiger partial charge in [0.15, 0.2) is 0 Å². The molecule has 0 N–H and O–H groups in total. The fraction of sp³-hybridized carbons (Fsp3) is 0.364. The van der Waals surface area contributed by atoms with Crippen molar-refractivity contribution in [1.29, 1.82) is 0 Å². The summed E-state index contributed by atoms with van der Waals surface area (Å²) < 4.78 is 0. The molecule has 0 spiro atoms. The minimum atomic E-state index is 0.234. The molecule has 0 bridgehead atoms. The molecule has 0 fully saturated rings. The number of hydrogen-bond acceptors (Lipinski definition) is 1. The smallest absolute Gasteiger partial charge is 0.0206 e. The largest absolute Gasteiger partial charge is 0.160 e. The van der Waals surface area contributed by atoms with Gasteiger partial charge in [0.2, 0.25) is 0 Å². The van der Waals surface area contributed by atoms with Crippen molar-refractivity contribution in [1.82, 2.24) is 0 Å². The SMILES string of the molecule is C=S1CC(CC)Sc2ccccc21. The third-order valence-corrected chi connectivity index (χ3v) is 5.86. The highest BCUT2D eigenvalue weighted by atomic mass is 32.2. The summed E-state index contributed by atoms with van der Waals surface area (Å²) in [7, 11) is 0.234. The van der Waals surface area contributed by atoms with Gasteiger partial charge >= 0.3 is 0 Å². The van der Waals surface area contributed by atoms with Gasteiger partial charge in [-0.25, -0.2) is 0 Å². The maximum Gasteiger partial charge on any atom is 0.0206 e. The molecule has 0 saturated carbocycles. The Hall–Kier alpha value is -0.210. The van der Waals surface area contributed by atoms with Crippen LogP contribution in [0.25, 0.3) is 0 Å². The van der Waals surface area contributed by atoms with Crippen LogP contribution in [-0.2, 0) is 0 Å². The summed E-state index contributed by atoms with van der Waals surface area (Å²) in [6, 6.07) is 8.70. The molecule has 1 aromatic carbocycles. The Labute approximate surface area is 86.7 Å². The third-order valence-electron chi connectivity index (χ3n) is 2.30. The minimum Gasteiger partial charge on any atom is -0.160 e. The third kappa shape index (κ3) is 1.84. The van der Waals surface area contributed by atoms with Gasteiger partial charge in [0.25, 0.3) is 0 Å². The van der Waals surface area contributed by atoms with Crippen LogP contribution in [0.15, 0.2) is 34.1 Å². The number of thioether (sulfide) groups is 1. The van der Waals surface area contributed by atoms with Crippen LogP contribution in [0.2, 0.25) is 0 Å². The van der Waals surface area contributed by atoms with Gasteiger partial charge in [-0.3, -0.25) is 0 Å². The molecule has 2 rings (SSSR count). The Kier molecular flexibility index (Phi) is 2.80. The predicted molar refractivity (Wildman–Crippen MR) is 64.2 cm³/mol. The molecule has 0 radical (unpaired) electrons. The average molecular weight is 210 g/mol. The van der Waals surface area contributed by atoms with Crippen LogP contribution in [0, 0.1) is 0 Å². The molecule has 0 aliphatic carbocycles. The molecule has 1 aliphatic rings. The molecule has 0 amide bonds. The summed E-state index contributed by atoms with van der Waals surface area (Å²) in [5.74, 6) is 5.51. The lowest BCUT2D eigenvalue weighted by Crippen LogP contribution is -2.10. The summed E-state index contributed by atoms with van der Waals surface area (Å²) in [6.07, 6.45) is 1.26. The van der Waals surface area contributed by atoms with Crippen LogP contribution >= 0.6 is 22.2 Å². The van der Waals surface area contributed by atoms with E-state index in [9.17, 15) is 0 Å². The van der Waals surface area contributed by atoms with Gasteiger partial charge in [0.1, 0.15) is 0 Å². The van der Waals surface area contributed by atoms with Gasteiger partial charge in [-0.15, -0.1) is 11.8 Å². The Morgan fingerprint density at radius 3 is 3.08 bits per heavy atom. The van der Waals surface area contributed by atoms with Gasteiger partial charge in [0.05, 0.1) is 0 Å². The standard InChI is InChI=1S/C11H14S2/c1-3-9-8-13(2)11-7-5-4-6-10(11)12-9/h4-7,9H,2-3,8H2,1H3. The minimum absolute atomic E-state index is 0.234. The highest BCUT2D eigenvalue weighted by molar-refractivity contribution is 8.16. The van der Waals surface area contributed by atoms with Crippen LogP contribution in [0.3, 0.4) is 0 Å². The second-order valence-corrected chi connectivity index (χ2v) is 6.36. The molecule has 2 atom stereocenters. The second-order valence-electron chi connectivity index (χ2n) is 3.25. The lowest BCUT2D eigenvalue weighted by Gasteiger charge is -2.25. The average Bonchev–Trinajstić information content (AvgIpc) is 2.18. The van der Waals surface area contributed by atoms with Crippen molar-refractivity contribution >= 4 is 28.1 Å². The number of benzene rings is 1. The fourth-order valence-corrected chi connectivity index (χ4v) is 5.13. The molecular weight excluding hydrogens is 196 g/mol. The molecule has 2 heteroatoms. The maximum atomic E-state index is 4.25. The van der Waals surface area contributed by atoms with Crippen molar-refractivity contribution < 1.29 is 0 Å². The molecule has 1 aliphatic heterocycles. The predicted octanol–water partition coefficient (Wildman–Crippen LogP) is 3.63. The van der Waals surface area contributed by atoms with Crippen molar-refractivity contribution in [3.63, 3.8) is 0 Å². The van der Waals surface area contributed by atoms with Crippen LogP contribution in [0.1, 0.15) is 13.3 Å². The van der Waals surface area contributed by atoms with E-state index in [-0.39, 0.29) is 10.5 Å². The van der Waals surface area contributed by atoms with Crippen molar-refractivity contribution in [3.8, 4) is 0 Å². The Morgan fingerprint density at radius 2 is 2.31 bits per heavy atom. The highest BCUT2D eigenvalue weighted by Gasteiger charge is 2.18. The Balaban J connectivity index is 2.37. The van der Waals surface area contributed by atoms with Crippen LogP contribution in [0.5, 0.6) is 0 Å². The molecular formula is C11H14S2. The number of fused-ring (bicyclic) bond motifs is 1. The molecule has 1 aromatic rings. The molecule has 0 saturated heterocycles. The van der Waals surface area contributed by atoms with Gasteiger partial charge in [-0.05, 0) is 18.6 Å². The summed E-state index contributed by atoms with van der Waals surface area (Å²) in [6.45, 7) is 2.27. The maximum absolute atomic E-state index is 4.25. The van der Waals surface area contributed by atoms with Gasteiger partial charge in [-0.2, -0.15) is 10.5 Å². The molecule has 2 unspecified atom stereocenters. The summed E-state index contributed by atoms with van der Waals surface area (Å²) in [4.78, 5) is 2.93. The lowest BCUT2D eigenvalue weighted by molar-refractivity contribution is 0.904. The zero-order valence-corrected chi connectivity index (χ0v) is 9.46. The molecule has 0 aromatic heterocycles. The monoisotopic (exact) mass is 210 g/mol. The Morgan fingerprint density at radius 1 is 1.54 bits per heavy atom. The first kappa shape index (κ1) is 9.35. The van der Waals surface area contributed by atoms with Crippen molar-refractivity contribution in [3.05, 3.63) is 24.3 Å². The number of rotatable bonds is 1. The fourth-order valence-electron chi connectivity index (χ4n) is 1.51. The van der Waals surface area contributed by atoms with E-state index in [0.29, 0.717) is 0 Å². The van der Waals surface area contributed by atoms with Crippen LogP contribution in [-0.4, -0.2) is 16.9 Å². The van der Waals surface area contributed by atoms with Gasteiger partial charge in [0, 0.05) is 20.8 Å². The normalized spacial score (nSPS) is 26.8. The van der Waals surface area contributed by atoms with E-state index in [0.717, 1.165) is 5.25 Å². The van der Waals surface area contributed by atoms with E-state index in [1.165, 1.54) is 22.0 Å². The Bertz CT molecular complexity index is 331. The quantitative estimate of drug-likeness (QED) is 0.638. The van der Waals surface area contributed by atoms with E-state index in [1.54, 1.807) is 0 Å². The molecule has 1 heterocycles. The highest BCUT2D eigenvalue weighted by Crippen LogP contribution is 2.44. The van der Waals surface area contributed by atoms with E-state index < -0.39 is 0 Å². The van der Waals surface area contributed by atoms with E-state index >= 15 is 0 Å². The van der Waals surface area contributed by atoms with E-state index in [2.05, 4.69) is 37.1 Å². The van der Waals surface area contributed by atoms with Crippen molar-refractivity contribution in [2.75, 3.05) is 5.75 Å². The molecule has 0 nitrogen and oxygen atoms in total. The van der Waals surface area contributed by atoms with Crippen molar-refractivity contribution in [2.45, 2.75) is 28.4 Å². The topological polar surface area (TPSA) is 0 Å². The van der Waals surface area contributed by atoms with Gasteiger partial charge < -0.3 is 0 Å².